The zero-order valence-electron chi connectivity index (χ0n) is 17.9. The lowest BCUT2D eigenvalue weighted by Gasteiger charge is -2.22. The molecule has 0 saturated heterocycles. The van der Waals surface area contributed by atoms with Crippen LogP contribution in [0.15, 0.2) is 65.5 Å². The molecule has 1 aliphatic rings. The summed E-state index contributed by atoms with van der Waals surface area (Å²) in [5.74, 6) is -0.0135. The van der Waals surface area contributed by atoms with Crippen LogP contribution in [0.25, 0.3) is 0 Å². The summed E-state index contributed by atoms with van der Waals surface area (Å²) >= 11 is 0. The van der Waals surface area contributed by atoms with Gasteiger partial charge in [-0.15, -0.1) is 0 Å². The highest BCUT2D eigenvalue weighted by Gasteiger charge is 2.32. The molecule has 0 aliphatic carbocycles. The average molecular weight is 432 g/mol. The monoisotopic (exact) mass is 432 g/mol. The van der Waals surface area contributed by atoms with E-state index in [1.807, 2.05) is 31.2 Å². The molecule has 32 heavy (non-hydrogen) atoms. The van der Waals surface area contributed by atoms with Gasteiger partial charge in [0.25, 0.3) is 11.5 Å². The number of hydrogen-bond donors (Lipinski definition) is 1. The van der Waals surface area contributed by atoms with E-state index in [2.05, 4.69) is 10.4 Å². The number of para-hydroxylation sites is 3. The van der Waals surface area contributed by atoms with Gasteiger partial charge in [-0.3, -0.25) is 14.4 Å². The van der Waals surface area contributed by atoms with Gasteiger partial charge >= 0.3 is 0 Å². The van der Waals surface area contributed by atoms with Crippen molar-refractivity contribution < 1.29 is 14.3 Å². The number of ether oxygens (including phenoxy) is 1. The quantitative estimate of drug-likeness (QED) is 0.647. The van der Waals surface area contributed by atoms with Crippen LogP contribution in [0.5, 0.6) is 5.75 Å². The summed E-state index contributed by atoms with van der Waals surface area (Å²) < 4.78 is 6.38. The van der Waals surface area contributed by atoms with Crippen molar-refractivity contribution in [1.82, 2.24) is 9.78 Å². The maximum Gasteiger partial charge on any atom is 0.278 e. The number of aryl methyl sites for hydroxylation is 1. The molecule has 2 amide bonds. The molecule has 8 heteroatoms. The minimum atomic E-state index is -0.374. The lowest BCUT2D eigenvalue weighted by molar-refractivity contribution is -0.116. The Labute approximate surface area is 185 Å². The van der Waals surface area contributed by atoms with Crippen molar-refractivity contribution in [1.29, 1.82) is 0 Å². The fourth-order valence-electron chi connectivity index (χ4n) is 3.89. The number of amides is 2. The number of rotatable bonds is 6. The second-order valence-electron chi connectivity index (χ2n) is 7.64. The van der Waals surface area contributed by atoms with Gasteiger partial charge < -0.3 is 15.0 Å². The Hall–Kier alpha value is -3.94. The van der Waals surface area contributed by atoms with Crippen LogP contribution in [0.2, 0.25) is 0 Å². The third-order valence-electron chi connectivity index (χ3n) is 5.44. The number of hydrogen-bond acceptors (Lipinski definition) is 5. The molecule has 3 aromatic rings. The van der Waals surface area contributed by atoms with Crippen molar-refractivity contribution in [2.24, 2.45) is 0 Å². The Kier molecular flexibility index (Phi) is 6.02. The van der Waals surface area contributed by atoms with Crippen LogP contribution in [0.1, 0.15) is 29.4 Å². The third-order valence-corrected chi connectivity index (χ3v) is 5.44. The number of benzene rings is 2. The summed E-state index contributed by atoms with van der Waals surface area (Å²) in [6.45, 7) is 2.03. The summed E-state index contributed by atoms with van der Waals surface area (Å²) in [7, 11) is 1.52. The number of carbonyl (C=O) groups excluding carboxylic acids is 2. The summed E-state index contributed by atoms with van der Waals surface area (Å²) in [6, 6.07) is 17.6. The minimum Gasteiger partial charge on any atom is -0.495 e. The maximum absolute atomic E-state index is 13.2. The van der Waals surface area contributed by atoms with E-state index in [0.29, 0.717) is 11.4 Å². The molecule has 1 aromatic heterocycles. The van der Waals surface area contributed by atoms with Crippen LogP contribution in [0.4, 0.5) is 11.4 Å². The van der Waals surface area contributed by atoms with E-state index in [9.17, 15) is 14.4 Å². The van der Waals surface area contributed by atoms with Crippen LogP contribution >= 0.6 is 0 Å². The molecule has 0 unspecified atom stereocenters. The Bertz CT molecular complexity index is 1220. The standard InChI is InChI=1S/C24H24N4O4/c1-16-15-17-7-3-5-9-20(17)28(16)24(31)19-11-12-23(30)27(26-19)14-13-22(29)25-18-8-4-6-10-21(18)32-2/h3-12,16H,13-15H2,1-2H3,(H,25,29)/t16-/m0/s1. The summed E-state index contributed by atoms with van der Waals surface area (Å²) in [5, 5.41) is 7.01. The topological polar surface area (TPSA) is 93.5 Å². The Morgan fingerprint density at radius 2 is 1.84 bits per heavy atom. The number of anilines is 2. The molecule has 8 nitrogen and oxygen atoms in total. The van der Waals surface area contributed by atoms with Gasteiger partial charge in [-0.05, 0) is 43.2 Å². The first kappa shape index (κ1) is 21.3. The lowest BCUT2D eigenvalue weighted by Crippen LogP contribution is -2.37. The zero-order valence-corrected chi connectivity index (χ0v) is 17.9. The largest absolute Gasteiger partial charge is 0.495 e. The fourth-order valence-corrected chi connectivity index (χ4v) is 3.89. The van der Waals surface area contributed by atoms with Gasteiger partial charge in [0.15, 0.2) is 0 Å². The van der Waals surface area contributed by atoms with Crippen molar-refractivity contribution in [2.45, 2.75) is 32.4 Å². The predicted molar refractivity (Wildman–Crippen MR) is 121 cm³/mol. The fraction of sp³-hybridized carbons (Fsp3) is 0.250. The van der Waals surface area contributed by atoms with E-state index >= 15 is 0 Å². The molecule has 1 N–H and O–H groups in total. The Balaban J connectivity index is 1.48. The highest BCUT2D eigenvalue weighted by atomic mass is 16.5. The number of fused-ring (bicyclic) bond motifs is 1. The van der Waals surface area contributed by atoms with Gasteiger partial charge in [-0.1, -0.05) is 30.3 Å². The van der Waals surface area contributed by atoms with Crippen LogP contribution in [0.3, 0.4) is 0 Å². The van der Waals surface area contributed by atoms with Gasteiger partial charge in [0.05, 0.1) is 19.3 Å². The van der Waals surface area contributed by atoms with Crippen LogP contribution in [-0.4, -0.2) is 34.7 Å². The molecule has 0 radical (unpaired) electrons. The summed E-state index contributed by atoms with van der Waals surface area (Å²) in [5.41, 5.74) is 2.31. The molecule has 4 rings (SSSR count). The van der Waals surface area contributed by atoms with E-state index in [-0.39, 0.29) is 42.1 Å². The normalized spacial score (nSPS) is 14.7. The average Bonchev–Trinajstić information content (AvgIpc) is 3.14. The van der Waals surface area contributed by atoms with Crippen molar-refractivity contribution in [3.05, 3.63) is 82.3 Å². The van der Waals surface area contributed by atoms with Gasteiger partial charge in [0, 0.05) is 24.2 Å². The molecule has 0 saturated carbocycles. The second-order valence-corrected chi connectivity index (χ2v) is 7.64. The molecule has 0 bridgehead atoms. The van der Waals surface area contributed by atoms with E-state index in [1.165, 1.54) is 19.2 Å². The molecular weight excluding hydrogens is 408 g/mol. The molecule has 2 heterocycles. The van der Waals surface area contributed by atoms with Crippen molar-refractivity contribution in [2.75, 3.05) is 17.3 Å². The van der Waals surface area contributed by atoms with E-state index in [1.54, 1.807) is 29.2 Å². The number of methoxy groups -OCH3 is 1. The first-order valence-corrected chi connectivity index (χ1v) is 10.4. The molecular formula is C24H24N4O4. The number of aromatic nitrogens is 2. The molecule has 1 atom stereocenters. The Morgan fingerprint density at radius 1 is 1.09 bits per heavy atom. The maximum atomic E-state index is 13.2. The third kappa shape index (κ3) is 4.25. The molecule has 0 spiro atoms. The first-order valence-electron chi connectivity index (χ1n) is 10.4. The lowest BCUT2D eigenvalue weighted by atomic mass is 10.1. The predicted octanol–water partition coefficient (Wildman–Crippen LogP) is 2.87. The summed E-state index contributed by atoms with van der Waals surface area (Å²) in [6.07, 6.45) is 0.788. The molecule has 1 aliphatic heterocycles. The molecule has 0 fully saturated rings. The highest BCUT2D eigenvalue weighted by Crippen LogP contribution is 2.32. The molecule has 2 aromatic carbocycles. The van der Waals surface area contributed by atoms with Crippen LogP contribution < -0.4 is 20.5 Å². The first-order chi connectivity index (χ1) is 15.5. The van der Waals surface area contributed by atoms with E-state index in [4.69, 9.17) is 4.74 Å². The summed E-state index contributed by atoms with van der Waals surface area (Å²) in [4.78, 5) is 39.6. The van der Waals surface area contributed by atoms with Gasteiger partial charge in [0.2, 0.25) is 5.91 Å². The number of nitrogens with zero attached hydrogens (tertiary/aromatic N) is 3. The van der Waals surface area contributed by atoms with Crippen molar-refractivity contribution in [3.63, 3.8) is 0 Å². The smallest absolute Gasteiger partial charge is 0.278 e. The minimum absolute atomic E-state index is 0.00583. The number of nitrogens with one attached hydrogen (secondary N) is 1. The van der Waals surface area contributed by atoms with Gasteiger partial charge in [-0.25, -0.2) is 4.68 Å². The van der Waals surface area contributed by atoms with E-state index in [0.717, 1.165) is 22.4 Å². The van der Waals surface area contributed by atoms with Crippen LogP contribution in [0, 0.1) is 0 Å². The van der Waals surface area contributed by atoms with Crippen LogP contribution in [-0.2, 0) is 17.8 Å². The van der Waals surface area contributed by atoms with E-state index < -0.39 is 0 Å². The molecule has 164 valence electrons. The van der Waals surface area contributed by atoms with Gasteiger partial charge in [-0.2, -0.15) is 5.10 Å². The van der Waals surface area contributed by atoms with Crippen molar-refractivity contribution >= 4 is 23.2 Å². The van der Waals surface area contributed by atoms with Crippen molar-refractivity contribution in [3.8, 4) is 5.75 Å². The SMILES string of the molecule is COc1ccccc1NC(=O)CCn1nc(C(=O)N2c3ccccc3C[C@@H]2C)ccc1=O. The second kappa shape index (κ2) is 9.05. The van der Waals surface area contributed by atoms with Gasteiger partial charge in [0.1, 0.15) is 11.4 Å². The highest BCUT2D eigenvalue weighted by molar-refractivity contribution is 6.06. The zero-order chi connectivity index (χ0) is 22.7. The number of carbonyl (C=O) groups is 2. The Morgan fingerprint density at radius 3 is 2.66 bits per heavy atom.